The second-order valence-corrected chi connectivity index (χ2v) is 7.27. The normalized spacial score (nSPS) is 11.4. The molecule has 4 aromatic rings. The maximum Gasteiger partial charge on any atom is 0.419 e. The van der Waals surface area contributed by atoms with Crippen LogP contribution in [0.15, 0.2) is 48.9 Å². The van der Waals surface area contributed by atoms with E-state index in [1.807, 2.05) is 13.0 Å². The Balaban J connectivity index is 1.69. The van der Waals surface area contributed by atoms with Crippen LogP contribution in [0.4, 0.5) is 19.0 Å². The summed E-state index contributed by atoms with van der Waals surface area (Å²) in [5, 5.41) is 12.5. The number of aromatic nitrogens is 4. The van der Waals surface area contributed by atoms with Crippen LogP contribution < -0.4 is 10.1 Å². The zero-order valence-corrected chi connectivity index (χ0v) is 17.8. The lowest BCUT2D eigenvalue weighted by Gasteiger charge is -2.16. The van der Waals surface area contributed by atoms with Crippen LogP contribution in [0, 0.1) is 11.3 Å². The topological polar surface area (TPSA) is 88.6 Å². The van der Waals surface area contributed by atoms with Gasteiger partial charge in [0.15, 0.2) is 5.69 Å². The van der Waals surface area contributed by atoms with E-state index < -0.39 is 11.7 Å². The highest BCUT2D eigenvalue weighted by Crippen LogP contribution is 2.39. The molecule has 3 heterocycles. The fourth-order valence-corrected chi connectivity index (χ4v) is 3.39. The quantitative estimate of drug-likeness (QED) is 0.446. The van der Waals surface area contributed by atoms with Crippen molar-refractivity contribution in [2.45, 2.75) is 19.7 Å². The first-order chi connectivity index (χ1) is 15.8. The number of anilines is 1. The summed E-state index contributed by atoms with van der Waals surface area (Å²) >= 11 is 0. The van der Waals surface area contributed by atoms with Gasteiger partial charge in [0.1, 0.15) is 29.8 Å². The third-order valence-corrected chi connectivity index (χ3v) is 4.98. The van der Waals surface area contributed by atoms with Crippen molar-refractivity contribution in [2.75, 3.05) is 11.9 Å². The zero-order valence-electron chi connectivity index (χ0n) is 17.8. The summed E-state index contributed by atoms with van der Waals surface area (Å²) in [4.78, 5) is 12.5. The molecule has 1 N–H and O–H groups in total. The Hall–Kier alpha value is -4.13. The Morgan fingerprint density at radius 2 is 1.97 bits per heavy atom. The van der Waals surface area contributed by atoms with Crippen LogP contribution in [0.2, 0.25) is 0 Å². The third kappa shape index (κ3) is 4.57. The standard InChI is InChI=1S/C23H19F3N6O/c1-3-28-21-8-14(6-7-29-21)12-33-20-5-4-15(9-16(20)23(24,25)26)17-10-19-22(18(11-27)31-17)30-13-32(19)2/h4-10,13H,3,12H2,1-2H3,(H,28,29). The number of ether oxygens (including phenoxy) is 1. The van der Waals surface area contributed by atoms with Crippen molar-refractivity contribution in [1.29, 1.82) is 5.26 Å². The first-order valence-electron chi connectivity index (χ1n) is 10.1. The lowest BCUT2D eigenvalue weighted by molar-refractivity contribution is -0.139. The number of halogens is 3. The third-order valence-electron chi connectivity index (χ3n) is 4.98. The van der Waals surface area contributed by atoms with Crippen molar-refractivity contribution in [1.82, 2.24) is 19.5 Å². The van der Waals surface area contributed by atoms with E-state index in [2.05, 4.69) is 20.3 Å². The molecular weight excluding hydrogens is 433 g/mol. The number of rotatable bonds is 6. The molecule has 0 unspecified atom stereocenters. The Kier molecular flexibility index (Phi) is 5.87. The number of hydrogen-bond donors (Lipinski definition) is 1. The molecule has 0 spiro atoms. The minimum Gasteiger partial charge on any atom is -0.488 e. The minimum atomic E-state index is -4.65. The second-order valence-electron chi connectivity index (χ2n) is 7.27. The van der Waals surface area contributed by atoms with E-state index in [0.29, 0.717) is 29.0 Å². The number of imidazole rings is 1. The summed E-state index contributed by atoms with van der Waals surface area (Å²) in [7, 11) is 1.74. The maximum atomic E-state index is 13.9. The van der Waals surface area contributed by atoms with Gasteiger partial charge in [0.2, 0.25) is 0 Å². The van der Waals surface area contributed by atoms with Gasteiger partial charge < -0.3 is 14.6 Å². The minimum absolute atomic E-state index is 0.0474. The summed E-state index contributed by atoms with van der Waals surface area (Å²) in [5.74, 6) is 0.324. The molecule has 0 atom stereocenters. The molecule has 0 radical (unpaired) electrons. The van der Waals surface area contributed by atoms with Crippen molar-refractivity contribution in [2.24, 2.45) is 7.05 Å². The van der Waals surface area contributed by atoms with E-state index in [1.54, 1.807) is 36.0 Å². The van der Waals surface area contributed by atoms with Crippen LogP contribution in [-0.2, 0) is 19.8 Å². The molecule has 33 heavy (non-hydrogen) atoms. The molecule has 0 aliphatic rings. The first-order valence-corrected chi connectivity index (χ1v) is 10.1. The molecule has 0 saturated heterocycles. The molecule has 0 saturated carbocycles. The van der Waals surface area contributed by atoms with E-state index >= 15 is 0 Å². The van der Waals surface area contributed by atoms with Crippen LogP contribution in [0.5, 0.6) is 5.75 Å². The van der Waals surface area contributed by atoms with Crippen LogP contribution in [0.3, 0.4) is 0 Å². The SMILES string of the molecule is CCNc1cc(COc2ccc(-c3cc4c(ncn4C)c(C#N)n3)cc2C(F)(F)F)ccn1. The number of hydrogen-bond acceptors (Lipinski definition) is 6. The number of benzene rings is 1. The molecule has 7 nitrogen and oxygen atoms in total. The fourth-order valence-electron chi connectivity index (χ4n) is 3.39. The number of nitriles is 1. The summed E-state index contributed by atoms with van der Waals surface area (Å²) in [5.41, 5.74) is 1.25. The number of nitrogens with zero attached hydrogens (tertiary/aromatic N) is 5. The summed E-state index contributed by atoms with van der Waals surface area (Å²) in [6.07, 6.45) is -1.56. The number of nitrogens with one attached hydrogen (secondary N) is 1. The number of alkyl halides is 3. The van der Waals surface area contributed by atoms with Crippen LogP contribution in [0.1, 0.15) is 23.7 Å². The molecule has 0 amide bonds. The number of aryl methyl sites for hydroxylation is 1. The predicted octanol–water partition coefficient (Wildman–Crippen LogP) is 4.93. The average Bonchev–Trinajstić information content (AvgIpc) is 3.17. The molecule has 3 aromatic heterocycles. The van der Waals surface area contributed by atoms with Gasteiger partial charge in [0.05, 0.1) is 23.1 Å². The van der Waals surface area contributed by atoms with Crippen molar-refractivity contribution in [3.05, 3.63) is 65.7 Å². The van der Waals surface area contributed by atoms with Crippen molar-refractivity contribution >= 4 is 16.9 Å². The van der Waals surface area contributed by atoms with Gasteiger partial charge in [0, 0.05) is 25.4 Å². The smallest absolute Gasteiger partial charge is 0.419 e. The average molecular weight is 452 g/mol. The largest absolute Gasteiger partial charge is 0.488 e. The van der Waals surface area contributed by atoms with Crippen LogP contribution in [0.25, 0.3) is 22.3 Å². The van der Waals surface area contributed by atoms with Gasteiger partial charge in [-0.25, -0.2) is 15.0 Å². The molecule has 0 fully saturated rings. The lowest BCUT2D eigenvalue weighted by Crippen LogP contribution is -2.09. The second kappa shape index (κ2) is 8.78. The van der Waals surface area contributed by atoms with Gasteiger partial charge in [-0.3, -0.25) is 0 Å². The Morgan fingerprint density at radius 3 is 2.70 bits per heavy atom. The van der Waals surface area contributed by atoms with Gasteiger partial charge in [-0.2, -0.15) is 18.4 Å². The summed E-state index contributed by atoms with van der Waals surface area (Å²) in [6.45, 7) is 2.53. The highest BCUT2D eigenvalue weighted by atomic mass is 19.4. The van der Waals surface area contributed by atoms with E-state index in [0.717, 1.165) is 6.07 Å². The van der Waals surface area contributed by atoms with Crippen LogP contribution >= 0.6 is 0 Å². The van der Waals surface area contributed by atoms with Gasteiger partial charge in [-0.1, -0.05) is 0 Å². The van der Waals surface area contributed by atoms with E-state index in [9.17, 15) is 18.4 Å². The van der Waals surface area contributed by atoms with Gasteiger partial charge >= 0.3 is 6.18 Å². The summed E-state index contributed by atoms with van der Waals surface area (Å²) in [6, 6.07) is 10.7. The number of fused-ring (bicyclic) bond motifs is 1. The van der Waals surface area contributed by atoms with Gasteiger partial charge in [-0.15, -0.1) is 0 Å². The Bertz CT molecular complexity index is 1360. The number of pyridine rings is 2. The Morgan fingerprint density at radius 1 is 1.15 bits per heavy atom. The van der Waals surface area contributed by atoms with E-state index in [1.165, 1.54) is 18.5 Å². The van der Waals surface area contributed by atoms with Gasteiger partial charge in [0.25, 0.3) is 0 Å². The van der Waals surface area contributed by atoms with Crippen molar-refractivity contribution in [3.8, 4) is 23.1 Å². The molecule has 0 bridgehead atoms. The van der Waals surface area contributed by atoms with E-state index in [-0.39, 0.29) is 29.3 Å². The molecule has 168 valence electrons. The highest BCUT2D eigenvalue weighted by Gasteiger charge is 2.35. The molecule has 1 aromatic carbocycles. The molecule has 0 aliphatic heterocycles. The van der Waals surface area contributed by atoms with Crippen molar-refractivity contribution in [3.63, 3.8) is 0 Å². The molecular formula is C23H19F3N6O. The molecule has 0 aliphatic carbocycles. The van der Waals surface area contributed by atoms with Crippen LogP contribution in [-0.4, -0.2) is 26.1 Å². The summed E-state index contributed by atoms with van der Waals surface area (Å²) < 4.78 is 48.8. The first kappa shape index (κ1) is 22.1. The van der Waals surface area contributed by atoms with Crippen molar-refractivity contribution < 1.29 is 17.9 Å². The highest BCUT2D eigenvalue weighted by molar-refractivity contribution is 5.84. The fraction of sp³-hybridized carbons (Fsp3) is 0.217. The molecule has 4 rings (SSSR count). The predicted molar refractivity (Wildman–Crippen MR) is 116 cm³/mol. The van der Waals surface area contributed by atoms with E-state index in [4.69, 9.17) is 4.74 Å². The maximum absolute atomic E-state index is 13.9. The monoisotopic (exact) mass is 452 g/mol. The van der Waals surface area contributed by atoms with Gasteiger partial charge in [-0.05, 0) is 48.9 Å². The Labute approximate surface area is 187 Å². The lowest BCUT2D eigenvalue weighted by atomic mass is 10.0. The molecule has 10 heteroatoms. The zero-order chi connectivity index (χ0) is 23.6.